The lowest BCUT2D eigenvalue weighted by Crippen LogP contribution is -2.35. The lowest BCUT2D eigenvalue weighted by Gasteiger charge is -2.18. The number of likely N-dealkylation sites (N-methyl/N-ethyl adjacent to an activating group) is 1. The van der Waals surface area contributed by atoms with Crippen molar-refractivity contribution in [3.8, 4) is 0 Å². The molecule has 0 N–H and O–H groups in total. The molecule has 0 saturated carbocycles. The molecule has 2 aliphatic heterocycles. The molecular weight excluding hydrogens is 527 g/mol. The fourth-order valence-corrected chi connectivity index (χ4v) is 7.64. The number of hydrogen-bond acceptors (Lipinski definition) is 5. The van der Waals surface area contributed by atoms with E-state index in [1.807, 2.05) is 34.9 Å². The summed E-state index contributed by atoms with van der Waals surface area (Å²) < 4.78 is 56.2. The van der Waals surface area contributed by atoms with Gasteiger partial charge in [-0.25, -0.2) is 4.39 Å². The average molecular weight is 549 g/mol. The van der Waals surface area contributed by atoms with E-state index in [0.717, 1.165) is 42.3 Å². The van der Waals surface area contributed by atoms with E-state index in [0.29, 0.717) is 6.54 Å². The zero-order chi connectivity index (χ0) is 25.6. The van der Waals surface area contributed by atoms with Gasteiger partial charge in [0.15, 0.2) is 12.7 Å². The van der Waals surface area contributed by atoms with Crippen LogP contribution in [0.4, 0.5) is 23.2 Å². The summed E-state index contributed by atoms with van der Waals surface area (Å²) in [5, 5.41) is 4.63. The number of halogens is 4. The van der Waals surface area contributed by atoms with Crippen molar-refractivity contribution in [1.29, 1.82) is 0 Å². The van der Waals surface area contributed by atoms with E-state index in [-0.39, 0.29) is 17.9 Å². The Bertz CT molecular complexity index is 1410. The molecule has 1 saturated heterocycles. The van der Waals surface area contributed by atoms with Crippen molar-refractivity contribution < 1.29 is 22.1 Å². The highest BCUT2D eigenvalue weighted by atomic mass is 32.2. The summed E-state index contributed by atoms with van der Waals surface area (Å²) in [5.41, 5.74) is 1.39. The van der Waals surface area contributed by atoms with E-state index in [4.69, 9.17) is 0 Å². The van der Waals surface area contributed by atoms with E-state index < -0.39 is 11.7 Å². The molecule has 2 aromatic carbocycles. The number of fused-ring (bicyclic) bond motifs is 1. The van der Waals surface area contributed by atoms with Crippen LogP contribution in [0.3, 0.4) is 0 Å². The summed E-state index contributed by atoms with van der Waals surface area (Å²) in [6, 6.07) is 10.4. The van der Waals surface area contributed by atoms with Crippen LogP contribution >= 0.6 is 34.9 Å². The van der Waals surface area contributed by atoms with E-state index in [1.165, 1.54) is 47.4 Å². The van der Waals surface area contributed by atoms with Crippen molar-refractivity contribution in [3.63, 3.8) is 0 Å². The van der Waals surface area contributed by atoms with Crippen molar-refractivity contribution in [3.05, 3.63) is 103 Å². The third kappa shape index (κ3) is 4.57. The van der Waals surface area contributed by atoms with Crippen LogP contribution in [0.15, 0.2) is 86.2 Å². The van der Waals surface area contributed by atoms with Crippen LogP contribution in [-0.4, -0.2) is 18.5 Å². The first-order chi connectivity index (χ1) is 17.2. The smallest absolute Gasteiger partial charge is 0.337 e. The van der Waals surface area contributed by atoms with E-state index >= 15 is 0 Å². The summed E-state index contributed by atoms with van der Waals surface area (Å²) in [5.74, 6) is -0.274. The maximum absolute atomic E-state index is 13.8. The summed E-state index contributed by atoms with van der Waals surface area (Å²) in [4.78, 5) is 5.98. The number of nitrogens with zero attached hydrogens (tertiary/aromatic N) is 3. The highest BCUT2D eigenvalue weighted by molar-refractivity contribution is 8.09. The van der Waals surface area contributed by atoms with Crippen LogP contribution in [0.1, 0.15) is 23.1 Å². The topological polar surface area (TPSA) is 10.4 Å². The van der Waals surface area contributed by atoms with E-state index in [1.54, 1.807) is 30.1 Å². The maximum atomic E-state index is 13.8. The predicted molar refractivity (Wildman–Crippen MR) is 140 cm³/mol. The Morgan fingerprint density at radius 2 is 1.89 bits per heavy atom. The monoisotopic (exact) mass is 548 g/mol. The lowest BCUT2D eigenvalue weighted by atomic mass is 10.1. The van der Waals surface area contributed by atoms with Gasteiger partial charge in [0.25, 0.3) is 5.01 Å². The minimum Gasteiger partial charge on any atom is -0.337 e. The molecule has 3 aromatic rings. The molecule has 1 fully saturated rings. The minimum absolute atomic E-state index is 0.115. The van der Waals surface area contributed by atoms with Crippen LogP contribution in [0.25, 0.3) is 6.08 Å². The van der Waals surface area contributed by atoms with Gasteiger partial charge < -0.3 is 9.80 Å². The molecule has 0 radical (unpaired) electrons. The van der Waals surface area contributed by atoms with Crippen molar-refractivity contribution in [1.82, 2.24) is 4.90 Å². The van der Waals surface area contributed by atoms with Crippen LogP contribution in [0, 0.1) is 5.82 Å². The number of anilines is 1. The molecule has 186 valence electrons. The molecule has 3 nitrogen and oxygen atoms in total. The Kier molecular flexibility index (Phi) is 6.69. The third-order valence-electron chi connectivity index (χ3n) is 5.99. The van der Waals surface area contributed by atoms with Gasteiger partial charge in [-0.1, -0.05) is 59.6 Å². The highest BCUT2D eigenvalue weighted by Crippen LogP contribution is 2.54. The van der Waals surface area contributed by atoms with Crippen LogP contribution < -0.4 is 9.47 Å². The van der Waals surface area contributed by atoms with Gasteiger partial charge >= 0.3 is 6.18 Å². The van der Waals surface area contributed by atoms with E-state index in [9.17, 15) is 17.6 Å². The Morgan fingerprint density at radius 3 is 2.64 bits per heavy atom. The second-order valence-corrected chi connectivity index (χ2v) is 11.2. The largest absolute Gasteiger partial charge is 0.416 e. The average Bonchev–Trinajstić information content (AvgIpc) is 3.49. The quantitative estimate of drug-likeness (QED) is 0.246. The molecule has 0 aliphatic carbocycles. The maximum Gasteiger partial charge on any atom is 0.416 e. The van der Waals surface area contributed by atoms with Crippen molar-refractivity contribution in [2.75, 3.05) is 18.5 Å². The number of hydrogen-bond donors (Lipinski definition) is 0. The molecule has 2 aliphatic rings. The van der Waals surface area contributed by atoms with Crippen molar-refractivity contribution in [2.45, 2.75) is 24.5 Å². The van der Waals surface area contributed by atoms with Gasteiger partial charge in [-0.2, -0.15) is 17.7 Å². The molecule has 0 atom stereocenters. The molecule has 10 heteroatoms. The molecule has 1 aromatic heterocycles. The number of thioether (sulfide) groups is 2. The van der Waals surface area contributed by atoms with Gasteiger partial charge in [-0.05, 0) is 31.2 Å². The zero-order valence-corrected chi connectivity index (χ0v) is 21.9. The van der Waals surface area contributed by atoms with Crippen molar-refractivity contribution >= 4 is 46.6 Å². The molecule has 3 heterocycles. The predicted octanol–water partition coefficient (Wildman–Crippen LogP) is 7.53. The van der Waals surface area contributed by atoms with Crippen LogP contribution in [0.5, 0.6) is 0 Å². The van der Waals surface area contributed by atoms with Gasteiger partial charge in [0, 0.05) is 24.1 Å². The molecule has 36 heavy (non-hydrogen) atoms. The van der Waals surface area contributed by atoms with Gasteiger partial charge in [-0.15, -0.1) is 0 Å². The first-order valence-corrected chi connectivity index (χ1v) is 13.6. The Balaban J connectivity index is 1.47. The van der Waals surface area contributed by atoms with Gasteiger partial charge in [-0.3, -0.25) is 0 Å². The fraction of sp³-hybridized carbons (Fsp3) is 0.192. The number of alkyl halides is 3. The standard InChI is InChI=1S/C26H22F4N3S3/c1-4-33-16(2)24(25-31(3)20-10-9-18(27)13-21(20)35-25)36-23(33)14-22-32(11-12-34-22)15-17-7-5-6-8-19(17)26(28,29)30/h5-14H,2,4,15H2,1,3H3/q+1/b25-24+. The second-order valence-electron chi connectivity index (χ2n) is 8.21. The Morgan fingerprint density at radius 1 is 1.11 bits per heavy atom. The second kappa shape index (κ2) is 9.64. The number of benzene rings is 2. The molecule has 0 amide bonds. The summed E-state index contributed by atoms with van der Waals surface area (Å²) in [6.45, 7) is 7.15. The molecule has 0 spiro atoms. The minimum atomic E-state index is -4.41. The molecule has 0 bridgehead atoms. The SMILES string of the molecule is C=C1/C(=C2\Sc3cc(F)ccc3N2C)S/C(=C\c2scc[n+]2Cc2ccccc2C(F)(F)F)N1CC. The van der Waals surface area contributed by atoms with Gasteiger partial charge in [0.2, 0.25) is 0 Å². The molecular formula is C26H22F4N3S3+. The summed E-state index contributed by atoms with van der Waals surface area (Å²) >= 11 is 4.55. The molecule has 0 unspecified atom stereocenters. The first-order valence-electron chi connectivity index (χ1n) is 11.1. The van der Waals surface area contributed by atoms with Crippen molar-refractivity contribution in [2.24, 2.45) is 0 Å². The Hall–Kier alpha value is -2.69. The molecule has 5 rings (SSSR count). The summed E-state index contributed by atoms with van der Waals surface area (Å²) in [7, 11) is 1.95. The van der Waals surface area contributed by atoms with Gasteiger partial charge in [0.1, 0.15) is 5.82 Å². The third-order valence-corrected chi connectivity index (χ3v) is 9.37. The Labute approximate surface area is 219 Å². The lowest BCUT2D eigenvalue weighted by molar-refractivity contribution is -0.685. The number of aromatic nitrogens is 1. The number of thiazole rings is 1. The fourth-order valence-electron chi connectivity index (χ4n) is 4.21. The van der Waals surface area contributed by atoms with Crippen LogP contribution in [0.2, 0.25) is 0 Å². The number of rotatable bonds is 4. The van der Waals surface area contributed by atoms with Crippen LogP contribution in [-0.2, 0) is 12.7 Å². The zero-order valence-electron chi connectivity index (χ0n) is 19.5. The summed E-state index contributed by atoms with van der Waals surface area (Å²) in [6.07, 6.45) is -0.600. The normalized spacial score (nSPS) is 19.1. The van der Waals surface area contributed by atoms with Gasteiger partial charge in [0.05, 0.1) is 43.4 Å². The van der Waals surface area contributed by atoms with E-state index in [2.05, 4.69) is 11.5 Å². The first kappa shape index (κ1) is 25.0. The highest BCUT2D eigenvalue weighted by Gasteiger charge is 2.36.